The van der Waals surface area contributed by atoms with Crippen LogP contribution in [0.4, 0.5) is 9.18 Å². The number of H-pyrrole nitrogens is 2. The smallest absolute Gasteiger partial charge is 0.407 e. The molecule has 1 fully saturated rings. The number of aryl methyl sites for hydroxylation is 2. The molecule has 2 aromatic heterocycles. The predicted molar refractivity (Wildman–Crippen MR) is 416 cm³/mol. The largest absolute Gasteiger partial charge is 0.497 e. The van der Waals surface area contributed by atoms with Gasteiger partial charge in [0.15, 0.2) is 0 Å². The van der Waals surface area contributed by atoms with E-state index >= 15 is 4.39 Å². The molecule has 1 aliphatic heterocycles. The number of imidazole rings is 2. The van der Waals surface area contributed by atoms with Gasteiger partial charge in [0.1, 0.15) is 76.7 Å². The molecule has 117 heavy (non-hydrogen) atoms. The molecule has 37 nitrogen and oxygen atoms in total. The first-order chi connectivity index (χ1) is 55.4. The van der Waals surface area contributed by atoms with E-state index < -0.39 is 199 Å². The number of carbonyl (C=O) groups is 14. The fourth-order valence-corrected chi connectivity index (χ4v) is 13.2. The number of aromatic nitrogens is 4. The van der Waals surface area contributed by atoms with E-state index in [0.29, 0.717) is 39.8 Å². The van der Waals surface area contributed by atoms with Crippen LogP contribution in [-0.4, -0.2) is 234 Å². The maximum absolute atomic E-state index is 15.7. The van der Waals surface area contributed by atoms with Gasteiger partial charge < -0.3 is 108 Å². The Morgan fingerprint density at radius 3 is 1.86 bits per heavy atom. The number of rotatable bonds is 43. The van der Waals surface area contributed by atoms with Crippen molar-refractivity contribution in [2.75, 3.05) is 33.9 Å². The van der Waals surface area contributed by atoms with Gasteiger partial charge in [-0.25, -0.2) is 19.2 Å². The first kappa shape index (κ1) is 91.6. The van der Waals surface area contributed by atoms with E-state index in [1.165, 1.54) is 55.1 Å². The van der Waals surface area contributed by atoms with Crippen molar-refractivity contribution in [3.63, 3.8) is 0 Å². The summed E-state index contributed by atoms with van der Waals surface area (Å²) in [6, 6.07) is 8.21. The van der Waals surface area contributed by atoms with E-state index in [1.54, 1.807) is 62.6 Å². The first-order valence-electron chi connectivity index (χ1n) is 37.3. The number of halogens is 2. The third kappa shape index (κ3) is 26.2. The van der Waals surface area contributed by atoms with E-state index in [2.05, 4.69) is 73.1 Å². The number of methoxy groups -OCH3 is 2. The van der Waals surface area contributed by atoms with E-state index in [0.717, 1.165) is 50.6 Å². The number of nitrogens with one attached hydrogen (secondary N) is 12. The molecule has 0 unspecified atom stereocenters. The summed E-state index contributed by atoms with van der Waals surface area (Å²) in [4.78, 5) is 209. The number of nitrogens with two attached hydrogens (primary N) is 1. The lowest BCUT2D eigenvalue weighted by Gasteiger charge is -2.37. The van der Waals surface area contributed by atoms with Crippen LogP contribution in [0.25, 0.3) is 11.1 Å². The van der Waals surface area contributed by atoms with Crippen molar-refractivity contribution >= 4 is 94.6 Å². The summed E-state index contributed by atoms with van der Waals surface area (Å²) in [5.41, 5.74) is 5.63. The number of aliphatic hydroxyl groups is 2. The quantitative estimate of drug-likeness (QED) is 0.0245. The van der Waals surface area contributed by atoms with E-state index in [9.17, 15) is 87.5 Å². The Morgan fingerprint density at radius 2 is 1.28 bits per heavy atom. The predicted octanol–water partition coefficient (Wildman–Crippen LogP) is 0.288. The zero-order valence-electron chi connectivity index (χ0n) is 65.5. The summed E-state index contributed by atoms with van der Waals surface area (Å²) in [5.74, 6) is -15.3. The zero-order chi connectivity index (χ0) is 86.0. The fraction of sp³-hybridized carbons (Fsp3) is 0.436. The van der Waals surface area contributed by atoms with Gasteiger partial charge in [0, 0.05) is 62.5 Å². The number of alkyl carbamates (subject to hydrolysis) is 1. The molecular weight excluding hydrogens is 1550 g/mol. The number of amides is 12. The number of aliphatic hydroxyl groups excluding tert-OH is 2. The zero-order valence-corrected chi connectivity index (χ0v) is 66.2. The minimum atomic E-state index is -2.44. The number of ether oxygens (including phenoxy) is 3. The van der Waals surface area contributed by atoms with Crippen molar-refractivity contribution in [3.05, 3.63) is 154 Å². The number of carboxylic acid groups (broad SMARTS) is 2. The van der Waals surface area contributed by atoms with Gasteiger partial charge >= 0.3 is 18.0 Å². The molecule has 0 spiro atoms. The number of primary amides is 1. The number of aromatic amines is 2. The number of likely N-dealkylation sites (tertiary alicyclic amines) is 1. The molecule has 1 aliphatic rings. The summed E-state index contributed by atoms with van der Waals surface area (Å²) in [7, 11) is 2.63. The summed E-state index contributed by atoms with van der Waals surface area (Å²) in [6.07, 6.45) is -2.67. The average molecular weight is 1650 g/mol. The molecule has 3 heterocycles. The molecule has 4 aromatic carbocycles. The van der Waals surface area contributed by atoms with Gasteiger partial charge in [-0.15, -0.1) is 0 Å². The highest BCUT2D eigenvalue weighted by atomic mass is 35.5. The van der Waals surface area contributed by atoms with E-state index in [-0.39, 0.29) is 56.5 Å². The molecule has 0 radical (unpaired) electrons. The second-order valence-corrected chi connectivity index (χ2v) is 28.8. The number of aliphatic carboxylic acids is 2. The molecule has 0 saturated carbocycles. The van der Waals surface area contributed by atoms with Crippen molar-refractivity contribution in [1.29, 1.82) is 0 Å². The highest BCUT2D eigenvalue weighted by Gasteiger charge is 2.49. The summed E-state index contributed by atoms with van der Waals surface area (Å²) in [6.45, 7) is 7.11. The highest BCUT2D eigenvalue weighted by Crippen LogP contribution is 2.32. The summed E-state index contributed by atoms with van der Waals surface area (Å²) < 4.78 is 31.7. The second-order valence-electron chi connectivity index (χ2n) is 28.4. The van der Waals surface area contributed by atoms with Crippen LogP contribution < -0.4 is 68.4 Å². The number of carbonyl (C=O) groups excluding carboxylic acids is 12. The van der Waals surface area contributed by atoms with Gasteiger partial charge in [-0.05, 0) is 130 Å². The van der Waals surface area contributed by atoms with Crippen LogP contribution in [0.1, 0.15) is 107 Å². The van der Waals surface area contributed by atoms with Crippen LogP contribution in [-0.2, 0) is 99.2 Å². The standard InChI is InChI=1S/C78H98ClFN16O21/c1-9-45-31-51(115-7)20-21-52(45)46-17-15-44(16-18-46)30-56(68(106)87-54(66(81)104)25-28-117-60-23-19-48(79)29-41(60)2)88-70(108)58(34-63(102)103)89-69(107)57(32-49-36-82-39-85-49)90-71(109)64(42(3)97)94-74(112)77(5,35-47-13-10-11-14-53(47)80)95-72(110)65(43(4)98)93-61(99)38-84-67(105)55(22-24-62(100)101)91-75(113)78(6)26-12-27-96(78)73(111)59(92-76(114)116-8)33-50-37-83-40-86-50/h10-11,13-21,23,29,31,36-37,39-40,42-43,54-59,64-65,97-98H,9,12,22,24-28,30,32-35,38H2,1-8H3,(H2,81,104)(H,82,85)(H,83,86)(H,84,105)(H,87,106)(H,88,108)(H,89,107)(H,90,109)(H,91,113)(H,92,114)(H,93,99)(H,94,112)(H,95,110)(H,100,101)(H,102,103)/t42-,43-,54+,55+,56+,57+,58+,59+,64+,65+,77-,78-/m1/s1. The number of nitrogens with zero attached hydrogens (tertiary/aromatic N) is 3. The maximum atomic E-state index is 15.7. The van der Waals surface area contributed by atoms with Crippen molar-refractivity contribution in [2.24, 2.45) is 5.73 Å². The lowest BCUT2D eigenvalue weighted by molar-refractivity contribution is -0.146. The number of carboxylic acids is 2. The van der Waals surface area contributed by atoms with Crippen LogP contribution in [0.2, 0.25) is 5.02 Å². The fourth-order valence-electron chi connectivity index (χ4n) is 13.0. The Labute approximate surface area is 676 Å². The molecule has 630 valence electrons. The van der Waals surface area contributed by atoms with Crippen LogP contribution in [0.5, 0.6) is 11.5 Å². The third-order valence-corrected chi connectivity index (χ3v) is 19.7. The van der Waals surface area contributed by atoms with Crippen molar-refractivity contribution in [1.82, 2.24) is 78.0 Å². The maximum Gasteiger partial charge on any atom is 0.407 e. The van der Waals surface area contributed by atoms with Gasteiger partial charge in [-0.2, -0.15) is 0 Å². The van der Waals surface area contributed by atoms with Gasteiger partial charge in [0.25, 0.3) is 0 Å². The summed E-state index contributed by atoms with van der Waals surface area (Å²) >= 11 is 6.12. The topological polar surface area (TPSA) is 555 Å². The van der Waals surface area contributed by atoms with Gasteiger partial charge in [-0.3, -0.25) is 62.3 Å². The minimum absolute atomic E-state index is 0.0132. The molecule has 0 aliphatic carbocycles. The molecule has 0 bridgehead atoms. The van der Waals surface area contributed by atoms with Crippen molar-refractivity contribution in [2.45, 2.75) is 184 Å². The van der Waals surface area contributed by atoms with Crippen molar-refractivity contribution in [3.8, 4) is 22.6 Å². The average Bonchev–Trinajstić information content (AvgIpc) is 1.66. The second kappa shape index (κ2) is 42.7. The Hall–Kier alpha value is -12.6. The Kier molecular flexibility index (Phi) is 33.4. The molecule has 18 N–H and O–H groups in total. The molecular formula is C78H98ClFN16O21. The lowest BCUT2D eigenvalue weighted by atomic mass is 9.90. The van der Waals surface area contributed by atoms with Crippen LogP contribution in [0.3, 0.4) is 0 Å². The van der Waals surface area contributed by atoms with Gasteiger partial charge in [0.2, 0.25) is 65.0 Å². The van der Waals surface area contributed by atoms with Crippen LogP contribution in [0, 0.1) is 12.7 Å². The minimum Gasteiger partial charge on any atom is -0.497 e. The molecule has 1 saturated heterocycles. The third-order valence-electron chi connectivity index (χ3n) is 19.5. The normalized spacial score (nSPS) is 16.1. The first-order valence-corrected chi connectivity index (χ1v) is 37.7. The summed E-state index contributed by atoms with van der Waals surface area (Å²) in [5, 5.41) is 66.6. The monoisotopic (exact) mass is 1650 g/mol. The molecule has 7 rings (SSSR count). The van der Waals surface area contributed by atoms with E-state index in [1.807, 2.05) is 19.1 Å². The lowest BCUT2D eigenvalue weighted by Crippen LogP contribution is -2.67. The Balaban J connectivity index is 1.08. The highest BCUT2D eigenvalue weighted by molar-refractivity contribution is 6.30. The molecule has 6 aromatic rings. The van der Waals surface area contributed by atoms with Crippen LogP contribution >= 0.6 is 11.6 Å². The number of hydrogen-bond acceptors (Lipinski definition) is 21. The van der Waals surface area contributed by atoms with Gasteiger partial charge in [-0.1, -0.05) is 67.1 Å². The van der Waals surface area contributed by atoms with Crippen LogP contribution in [0.15, 0.2) is 110 Å². The molecule has 12 amide bonds. The van der Waals surface area contributed by atoms with Gasteiger partial charge in [0.05, 0.1) is 70.0 Å². The number of benzene rings is 4. The number of hydrogen-bond donors (Lipinski definition) is 17. The molecule has 12 atom stereocenters. The SMILES string of the molecule is CCc1cc(OC)ccc1-c1ccc(C[C@H](NC(=O)[C@H](CC(=O)O)NC(=O)[C@H](Cc2c[nH]cn2)NC(=O)[C@@H](NC(=O)[C@@](C)(Cc2ccccc2F)NC(=O)[C@@H](NC(=O)CNC(=O)[C@H](CCC(=O)O)NC(=O)[C@@]2(C)CCCN2C(=O)[C@H](Cc2c[nH]cn2)NC(=O)OC)[C@@H](C)O)[C@@H](C)O)C(=O)N[C@@H](CCOc2ccc(Cl)cc2C)C(N)=O)cc1. The Morgan fingerprint density at radius 1 is 0.675 bits per heavy atom. The van der Waals surface area contributed by atoms with Crippen molar-refractivity contribution < 1.29 is 106 Å². The van der Waals surface area contributed by atoms with E-state index in [4.69, 9.17) is 31.5 Å². The Bertz CT molecular complexity index is 4540. The molecule has 39 heteroatoms.